The molecule has 0 aliphatic carbocycles. The predicted molar refractivity (Wildman–Crippen MR) is 100 cm³/mol. The fourth-order valence-electron chi connectivity index (χ4n) is 2.09. The minimum absolute atomic E-state index is 0.143. The van der Waals surface area contributed by atoms with Gasteiger partial charge in [-0.05, 0) is 36.8 Å². The highest BCUT2D eigenvalue weighted by Gasteiger charge is 2.15. The van der Waals surface area contributed by atoms with Crippen molar-refractivity contribution in [1.29, 1.82) is 0 Å². The van der Waals surface area contributed by atoms with Crippen LogP contribution in [0.15, 0.2) is 36.4 Å². The third-order valence-corrected chi connectivity index (χ3v) is 5.07. The maximum atomic E-state index is 13.1. The maximum Gasteiger partial charge on any atom is 0.237 e. The zero-order valence-electron chi connectivity index (χ0n) is 14.1. The van der Waals surface area contributed by atoms with Crippen LogP contribution < -0.4 is 14.8 Å². The summed E-state index contributed by atoms with van der Waals surface area (Å²) in [6.07, 6.45) is 0. The van der Waals surface area contributed by atoms with Crippen molar-refractivity contribution >= 4 is 35.0 Å². The molecule has 0 saturated carbocycles. The molecule has 2 aromatic rings. The van der Waals surface area contributed by atoms with Gasteiger partial charge in [-0.15, -0.1) is 11.8 Å². The molecule has 0 spiro atoms. The summed E-state index contributed by atoms with van der Waals surface area (Å²) in [5.74, 6) is 1.13. The van der Waals surface area contributed by atoms with Gasteiger partial charge in [0.05, 0.1) is 19.5 Å². The van der Waals surface area contributed by atoms with Gasteiger partial charge >= 0.3 is 0 Å². The Morgan fingerprint density at radius 3 is 2.56 bits per heavy atom. The molecule has 134 valence electrons. The van der Waals surface area contributed by atoms with E-state index in [0.29, 0.717) is 28.0 Å². The van der Waals surface area contributed by atoms with Crippen molar-refractivity contribution in [2.45, 2.75) is 17.9 Å². The van der Waals surface area contributed by atoms with Crippen LogP contribution in [0.3, 0.4) is 0 Å². The summed E-state index contributed by atoms with van der Waals surface area (Å²) in [7, 11) is 3.09. The Hall–Kier alpha value is -1.92. The van der Waals surface area contributed by atoms with E-state index >= 15 is 0 Å². The minimum atomic E-state index is -0.377. The number of carbonyl (C=O) groups excluding carboxylic acids is 1. The van der Waals surface area contributed by atoms with Gasteiger partial charge < -0.3 is 14.8 Å². The van der Waals surface area contributed by atoms with E-state index in [9.17, 15) is 9.18 Å². The van der Waals surface area contributed by atoms with E-state index in [0.717, 1.165) is 5.56 Å². The van der Waals surface area contributed by atoms with Crippen molar-refractivity contribution in [2.75, 3.05) is 19.5 Å². The molecule has 0 heterocycles. The third kappa shape index (κ3) is 5.28. The number of hydrogen-bond acceptors (Lipinski definition) is 4. The summed E-state index contributed by atoms with van der Waals surface area (Å²) in [6, 6.07) is 9.43. The number of nitrogens with one attached hydrogen (secondary N) is 1. The number of halogens is 2. The van der Waals surface area contributed by atoms with Gasteiger partial charge in [-0.1, -0.05) is 17.7 Å². The monoisotopic (exact) mass is 383 g/mol. The van der Waals surface area contributed by atoms with Gasteiger partial charge in [0.25, 0.3) is 0 Å². The van der Waals surface area contributed by atoms with Crippen molar-refractivity contribution in [3.05, 3.63) is 52.8 Å². The van der Waals surface area contributed by atoms with Crippen LogP contribution in [0, 0.1) is 5.82 Å². The Labute approximate surface area is 155 Å². The Bertz CT molecular complexity index is 757. The first-order chi connectivity index (χ1) is 11.9. The quantitative estimate of drug-likeness (QED) is 0.749. The number of rotatable bonds is 7. The molecule has 0 aromatic heterocycles. The van der Waals surface area contributed by atoms with Crippen LogP contribution in [0.5, 0.6) is 11.5 Å². The second kappa shape index (κ2) is 8.97. The minimum Gasteiger partial charge on any atom is -0.493 e. The number of amides is 1. The number of methoxy groups -OCH3 is 2. The van der Waals surface area contributed by atoms with E-state index in [1.54, 1.807) is 38.3 Å². The first kappa shape index (κ1) is 19.4. The molecule has 4 nitrogen and oxygen atoms in total. The topological polar surface area (TPSA) is 47.6 Å². The molecule has 1 amide bonds. The summed E-state index contributed by atoms with van der Waals surface area (Å²) >= 11 is 7.42. The van der Waals surface area contributed by atoms with Gasteiger partial charge in [0, 0.05) is 22.5 Å². The second-order valence-corrected chi connectivity index (χ2v) is 6.98. The summed E-state index contributed by atoms with van der Waals surface area (Å²) < 4.78 is 23.4. The van der Waals surface area contributed by atoms with Gasteiger partial charge in [-0.2, -0.15) is 0 Å². The van der Waals surface area contributed by atoms with Gasteiger partial charge in [0.1, 0.15) is 5.82 Å². The zero-order chi connectivity index (χ0) is 18.4. The normalized spacial score (nSPS) is 11.7. The molecular formula is C18H19ClFNO3S. The number of carbonyl (C=O) groups is 1. The summed E-state index contributed by atoms with van der Waals surface area (Å²) in [6.45, 7) is 1.80. The van der Waals surface area contributed by atoms with E-state index < -0.39 is 0 Å². The van der Waals surface area contributed by atoms with Crippen LogP contribution in [0.25, 0.3) is 0 Å². The van der Waals surface area contributed by atoms with Crippen LogP contribution in [0.4, 0.5) is 10.1 Å². The lowest BCUT2D eigenvalue weighted by Gasteiger charge is -2.14. The molecule has 0 aliphatic rings. The molecular weight excluding hydrogens is 365 g/mol. The van der Waals surface area contributed by atoms with Crippen LogP contribution in [-0.4, -0.2) is 25.4 Å². The fraction of sp³-hybridized carbons (Fsp3) is 0.278. The number of benzene rings is 2. The molecule has 2 aromatic carbocycles. The average molecular weight is 384 g/mol. The Kier molecular flexibility index (Phi) is 6.96. The Morgan fingerprint density at radius 2 is 1.92 bits per heavy atom. The molecule has 0 fully saturated rings. The molecule has 7 heteroatoms. The maximum absolute atomic E-state index is 13.1. The average Bonchev–Trinajstić information content (AvgIpc) is 2.60. The van der Waals surface area contributed by atoms with Gasteiger partial charge in [0.15, 0.2) is 11.5 Å². The van der Waals surface area contributed by atoms with E-state index in [1.165, 1.54) is 31.0 Å². The van der Waals surface area contributed by atoms with Crippen LogP contribution in [-0.2, 0) is 10.5 Å². The lowest BCUT2D eigenvalue weighted by molar-refractivity contribution is -0.115. The number of anilines is 1. The zero-order valence-corrected chi connectivity index (χ0v) is 15.7. The first-order valence-electron chi connectivity index (χ1n) is 7.53. The van der Waals surface area contributed by atoms with Gasteiger partial charge in [-0.25, -0.2) is 4.39 Å². The highest BCUT2D eigenvalue weighted by Crippen LogP contribution is 2.30. The SMILES string of the molecule is COc1ccc(NC(=O)C(C)SCc2ccc(F)cc2Cl)cc1OC. The van der Waals surface area contributed by atoms with Gasteiger partial charge in [0.2, 0.25) is 5.91 Å². The second-order valence-electron chi connectivity index (χ2n) is 5.25. The van der Waals surface area contributed by atoms with Crippen molar-refractivity contribution < 1.29 is 18.7 Å². The largest absolute Gasteiger partial charge is 0.493 e. The number of hydrogen-bond donors (Lipinski definition) is 1. The standard InChI is InChI=1S/C18H19ClFNO3S/c1-11(25-10-12-4-5-13(20)8-15(12)19)18(22)21-14-6-7-16(23-2)17(9-14)24-3/h4-9,11H,10H2,1-3H3,(H,21,22). The first-order valence-corrected chi connectivity index (χ1v) is 8.95. The highest BCUT2D eigenvalue weighted by molar-refractivity contribution is 7.99. The highest BCUT2D eigenvalue weighted by atomic mass is 35.5. The van der Waals surface area contributed by atoms with Crippen molar-refractivity contribution in [3.8, 4) is 11.5 Å². The van der Waals surface area contributed by atoms with E-state index in [-0.39, 0.29) is 17.0 Å². The molecule has 0 saturated heterocycles. The summed E-state index contributed by atoms with van der Waals surface area (Å²) in [5, 5.41) is 2.89. The number of ether oxygens (including phenoxy) is 2. The van der Waals surface area contributed by atoms with Crippen molar-refractivity contribution in [2.24, 2.45) is 0 Å². The molecule has 25 heavy (non-hydrogen) atoms. The summed E-state index contributed by atoms with van der Waals surface area (Å²) in [5.41, 5.74) is 1.41. The lowest BCUT2D eigenvalue weighted by Crippen LogP contribution is -2.22. The predicted octanol–water partition coefficient (Wildman–Crippen LogP) is 4.76. The molecule has 2 rings (SSSR count). The fourth-order valence-corrected chi connectivity index (χ4v) is 3.29. The van der Waals surface area contributed by atoms with Gasteiger partial charge in [-0.3, -0.25) is 4.79 Å². The molecule has 0 radical (unpaired) electrons. The molecule has 0 bridgehead atoms. The van der Waals surface area contributed by atoms with E-state index in [1.807, 2.05) is 0 Å². The third-order valence-electron chi connectivity index (χ3n) is 3.52. The molecule has 1 unspecified atom stereocenters. The van der Waals surface area contributed by atoms with E-state index in [2.05, 4.69) is 5.32 Å². The van der Waals surface area contributed by atoms with Crippen molar-refractivity contribution in [3.63, 3.8) is 0 Å². The van der Waals surface area contributed by atoms with Crippen molar-refractivity contribution in [1.82, 2.24) is 0 Å². The van der Waals surface area contributed by atoms with Crippen LogP contribution in [0.1, 0.15) is 12.5 Å². The van der Waals surface area contributed by atoms with E-state index in [4.69, 9.17) is 21.1 Å². The van der Waals surface area contributed by atoms with Crippen LogP contribution in [0.2, 0.25) is 5.02 Å². The Morgan fingerprint density at radius 1 is 1.20 bits per heavy atom. The molecule has 0 aliphatic heterocycles. The lowest BCUT2D eigenvalue weighted by atomic mass is 10.2. The molecule has 1 atom stereocenters. The number of thioether (sulfide) groups is 1. The Balaban J connectivity index is 1.96. The summed E-state index contributed by atoms with van der Waals surface area (Å²) in [4.78, 5) is 12.3. The van der Waals surface area contributed by atoms with Crippen LogP contribution >= 0.6 is 23.4 Å². The molecule has 1 N–H and O–H groups in total. The smallest absolute Gasteiger partial charge is 0.237 e.